The molecule has 0 saturated carbocycles. The smallest absolute Gasteiger partial charge is 0.261 e. The van der Waals surface area contributed by atoms with Crippen molar-refractivity contribution >= 4 is 11.8 Å². The normalized spacial score (nSPS) is 19.3. The number of amides is 2. The van der Waals surface area contributed by atoms with Crippen molar-refractivity contribution in [3.8, 4) is 0 Å². The fraction of sp³-hybridized carbons (Fsp3) is 0.579. The van der Waals surface area contributed by atoms with Gasteiger partial charge in [0, 0.05) is 6.54 Å². The van der Waals surface area contributed by atoms with Gasteiger partial charge >= 0.3 is 0 Å². The van der Waals surface area contributed by atoms with E-state index >= 15 is 0 Å². The summed E-state index contributed by atoms with van der Waals surface area (Å²) >= 11 is 0. The summed E-state index contributed by atoms with van der Waals surface area (Å²) < 4.78 is 5.20. The van der Waals surface area contributed by atoms with Gasteiger partial charge in [-0.2, -0.15) is 0 Å². The van der Waals surface area contributed by atoms with Gasteiger partial charge in [-0.3, -0.25) is 14.5 Å². The summed E-state index contributed by atoms with van der Waals surface area (Å²) in [4.78, 5) is 25.8. The maximum Gasteiger partial charge on any atom is 0.261 e. The first-order chi connectivity index (χ1) is 11.3. The van der Waals surface area contributed by atoms with Gasteiger partial charge in [0.25, 0.3) is 11.8 Å². The van der Waals surface area contributed by atoms with E-state index in [1.165, 1.54) is 43.4 Å². The molecule has 0 aliphatic carbocycles. The van der Waals surface area contributed by atoms with Crippen molar-refractivity contribution in [1.82, 2.24) is 4.90 Å². The lowest BCUT2D eigenvalue weighted by atomic mass is 10.1. The molecule has 0 bridgehead atoms. The predicted octanol–water partition coefficient (Wildman–Crippen LogP) is 3.80. The Bertz CT molecular complexity index is 530. The van der Waals surface area contributed by atoms with Crippen LogP contribution in [0.2, 0.25) is 0 Å². The van der Waals surface area contributed by atoms with E-state index in [2.05, 4.69) is 0 Å². The molecule has 4 nitrogen and oxygen atoms in total. The molecule has 2 amide bonds. The summed E-state index contributed by atoms with van der Waals surface area (Å²) in [5.74, 6) is -0.263. The Morgan fingerprint density at radius 1 is 0.870 bits per heavy atom. The van der Waals surface area contributed by atoms with Crippen molar-refractivity contribution in [3.05, 3.63) is 35.4 Å². The molecule has 2 aliphatic rings. The number of carbonyl (C=O) groups excluding carboxylic acids is 2. The van der Waals surface area contributed by atoms with E-state index in [9.17, 15) is 9.59 Å². The van der Waals surface area contributed by atoms with Crippen LogP contribution in [0.25, 0.3) is 0 Å². The summed E-state index contributed by atoms with van der Waals surface area (Å²) in [6.45, 7) is 1.52. The SMILES string of the molecule is O=C1c2ccccc2C(=O)N1CCCCCCCCCC1CO1. The first-order valence-corrected chi connectivity index (χ1v) is 8.84. The molecular weight excluding hydrogens is 290 g/mol. The third kappa shape index (κ3) is 4.20. The van der Waals surface area contributed by atoms with E-state index < -0.39 is 0 Å². The molecule has 0 radical (unpaired) electrons. The van der Waals surface area contributed by atoms with Crippen LogP contribution in [-0.4, -0.2) is 36.0 Å². The standard InChI is InChI=1S/C19H25NO3/c21-18-16-11-7-8-12-17(16)19(22)20(18)13-9-5-3-1-2-4-6-10-15-14-23-15/h7-8,11-12,15H,1-6,9-10,13-14H2. The average Bonchev–Trinajstić information content (AvgIpc) is 3.36. The number of fused-ring (bicyclic) bond motifs is 1. The van der Waals surface area contributed by atoms with E-state index in [4.69, 9.17) is 4.74 Å². The van der Waals surface area contributed by atoms with Gasteiger partial charge in [-0.1, -0.05) is 50.7 Å². The molecule has 1 atom stereocenters. The maximum absolute atomic E-state index is 12.2. The van der Waals surface area contributed by atoms with Crippen molar-refractivity contribution in [2.75, 3.05) is 13.2 Å². The molecule has 2 heterocycles. The highest BCUT2D eigenvalue weighted by atomic mass is 16.6. The zero-order chi connectivity index (χ0) is 16.1. The number of carbonyl (C=O) groups is 2. The molecule has 124 valence electrons. The average molecular weight is 315 g/mol. The minimum absolute atomic E-state index is 0.132. The van der Waals surface area contributed by atoms with Crippen LogP contribution in [0.4, 0.5) is 0 Å². The number of unbranched alkanes of at least 4 members (excludes halogenated alkanes) is 6. The molecule has 1 aromatic carbocycles. The van der Waals surface area contributed by atoms with Crippen LogP contribution < -0.4 is 0 Å². The first-order valence-electron chi connectivity index (χ1n) is 8.84. The van der Waals surface area contributed by atoms with E-state index in [0.717, 1.165) is 19.4 Å². The van der Waals surface area contributed by atoms with Crippen molar-refractivity contribution in [2.24, 2.45) is 0 Å². The second-order valence-corrected chi connectivity index (χ2v) is 6.53. The quantitative estimate of drug-likeness (QED) is 0.375. The summed E-state index contributed by atoms with van der Waals surface area (Å²) in [5, 5.41) is 0. The molecule has 0 N–H and O–H groups in total. The Morgan fingerprint density at radius 2 is 1.39 bits per heavy atom. The Hall–Kier alpha value is -1.68. The fourth-order valence-corrected chi connectivity index (χ4v) is 3.20. The molecule has 0 spiro atoms. The Balaban J connectivity index is 1.28. The molecule has 1 aromatic rings. The number of rotatable bonds is 10. The number of nitrogens with zero attached hydrogens (tertiary/aromatic N) is 1. The lowest BCUT2D eigenvalue weighted by Gasteiger charge is -2.13. The number of benzene rings is 1. The number of hydrogen-bond donors (Lipinski definition) is 0. The summed E-state index contributed by atoms with van der Waals surface area (Å²) in [7, 11) is 0. The third-order valence-electron chi connectivity index (χ3n) is 4.69. The highest BCUT2D eigenvalue weighted by Crippen LogP contribution is 2.23. The minimum atomic E-state index is -0.132. The van der Waals surface area contributed by atoms with Gasteiger partial charge in [-0.05, 0) is 25.0 Å². The number of epoxide rings is 1. The van der Waals surface area contributed by atoms with Gasteiger partial charge < -0.3 is 4.74 Å². The molecular formula is C19H25NO3. The Kier molecular flexibility index (Phi) is 5.44. The molecule has 4 heteroatoms. The Morgan fingerprint density at radius 3 is 1.96 bits per heavy atom. The summed E-state index contributed by atoms with van der Waals surface area (Å²) in [6, 6.07) is 7.09. The van der Waals surface area contributed by atoms with E-state index in [1.807, 2.05) is 12.1 Å². The van der Waals surface area contributed by atoms with Crippen LogP contribution in [-0.2, 0) is 4.74 Å². The maximum atomic E-state index is 12.2. The minimum Gasteiger partial charge on any atom is -0.373 e. The fourth-order valence-electron chi connectivity index (χ4n) is 3.20. The van der Waals surface area contributed by atoms with Gasteiger partial charge in [-0.25, -0.2) is 0 Å². The van der Waals surface area contributed by atoms with E-state index in [-0.39, 0.29) is 11.8 Å². The van der Waals surface area contributed by atoms with Crippen LogP contribution in [0.15, 0.2) is 24.3 Å². The topological polar surface area (TPSA) is 49.9 Å². The lowest BCUT2D eigenvalue weighted by molar-refractivity contribution is 0.0651. The molecule has 2 aliphatic heterocycles. The number of hydrogen-bond acceptors (Lipinski definition) is 3. The van der Waals surface area contributed by atoms with Crippen LogP contribution in [0.5, 0.6) is 0 Å². The molecule has 0 aromatic heterocycles. The third-order valence-corrected chi connectivity index (χ3v) is 4.69. The molecule has 1 unspecified atom stereocenters. The van der Waals surface area contributed by atoms with Gasteiger partial charge in [0.15, 0.2) is 0 Å². The lowest BCUT2D eigenvalue weighted by Crippen LogP contribution is -2.30. The highest BCUT2D eigenvalue weighted by molar-refractivity contribution is 6.21. The molecule has 1 saturated heterocycles. The molecule has 1 fully saturated rings. The molecule has 3 rings (SSSR count). The second-order valence-electron chi connectivity index (χ2n) is 6.53. The van der Waals surface area contributed by atoms with Gasteiger partial charge in [0.05, 0.1) is 23.8 Å². The second kappa shape index (κ2) is 7.73. The van der Waals surface area contributed by atoms with Crippen LogP contribution in [0.3, 0.4) is 0 Å². The first kappa shape index (κ1) is 16.2. The van der Waals surface area contributed by atoms with Crippen LogP contribution >= 0.6 is 0 Å². The highest BCUT2D eigenvalue weighted by Gasteiger charge is 2.34. The predicted molar refractivity (Wildman–Crippen MR) is 88.5 cm³/mol. The number of ether oxygens (including phenoxy) is 1. The van der Waals surface area contributed by atoms with Gasteiger partial charge in [-0.15, -0.1) is 0 Å². The summed E-state index contributed by atoms with van der Waals surface area (Å²) in [6.07, 6.45) is 10.0. The van der Waals surface area contributed by atoms with Crippen molar-refractivity contribution in [3.63, 3.8) is 0 Å². The van der Waals surface area contributed by atoms with Crippen LogP contribution in [0, 0.1) is 0 Å². The van der Waals surface area contributed by atoms with Gasteiger partial charge in [0.2, 0.25) is 0 Å². The molecule has 23 heavy (non-hydrogen) atoms. The monoisotopic (exact) mass is 315 g/mol. The number of imide groups is 1. The van der Waals surface area contributed by atoms with E-state index in [0.29, 0.717) is 23.8 Å². The zero-order valence-corrected chi connectivity index (χ0v) is 13.6. The van der Waals surface area contributed by atoms with E-state index in [1.54, 1.807) is 12.1 Å². The van der Waals surface area contributed by atoms with Crippen molar-refractivity contribution in [1.29, 1.82) is 0 Å². The summed E-state index contributed by atoms with van der Waals surface area (Å²) in [5.41, 5.74) is 1.11. The van der Waals surface area contributed by atoms with Crippen LogP contribution in [0.1, 0.15) is 72.1 Å². The Labute approximate surface area is 137 Å². The zero-order valence-electron chi connectivity index (χ0n) is 13.6. The van der Waals surface area contributed by atoms with Gasteiger partial charge in [0.1, 0.15) is 0 Å². The van der Waals surface area contributed by atoms with Crippen molar-refractivity contribution in [2.45, 2.75) is 57.5 Å². The van der Waals surface area contributed by atoms with Crippen molar-refractivity contribution < 1.29 is 14.3 Å². The largest absolute Gasteiger partial charge is 0.373 e.